The molecule has 1 unspecified atom stereocenters. The molecule has 6 heteroatoms. The largest absolute Gasteiger partial charge is 0.454 e. The predicted octanol–water partition coefficient (Wildman–Crippen LogP) is 3.34. The maximum Gasteiger partial charge on any atom is 0.231 e. The van der Waals surface area contributed by atoms with Crippen LogP contribution in [0.2, 0.25) is 5.02 Å². The predicted molar refractivity (Wildman–Crippen MR) is 93.5 cm³/mol. The lowest BCUT2D eigenvalue weighted by Crippen LogP contribution is -2.35. The van der Waals surface area contributed by atoms with Gasteiger partial charge in [0.1, 0.15) is 0 Å². The number of likely N-dealkylation sites (tertiary alicyclic amines) is 1. The molecule has 1 aromatic carbocycles. The van der Waals surface area contributed by atoms with Gasteiger partial charge in [-0.2, -0.15) is 0 Å². The van der Waals surface area contributed by atoms with Crippen LogP contribution in [-0.4, -0.2) is 36.7 Å². The number of hydrogen-bond donors (Lipinski definition) is 1. The minimum atomic E-state index is 0.256. The molecule has 24 heavy (non-hydrogen) atoms. The molecular formula is C18H25ClN2O3. The summed E-state index contributed by atoms with van der Waals surface area (Å²) in [7, 11) is 0. The molecule has 1 aromatic rings. The zero-order chi connectivity index (χ0) is 16.9. The van der Waals surface area contributed by atoms with E-state index in [9.17, 15) is 4.79 Å². The van der Waals surface area contributed by atoms with E-state index < -0.39 is 0 Å². The van der Waals surface area contributed by atoms with Gasteiger partial charge in [0, 0.05) is 36.6 Å². The number of rotatable bonds is 8. The third kappa shape index (κ3) is 3.95. The first-order chi connectivity index (χ1) is 11.7. The Bertz CT molecular complexity index is 594. The monoisotopic (exact) mass is 352 g/mol. The Labute approximate surface area is 148 Å². The van der Waals surface area contributed by atoms with Crippen molar-refractivity contribution in [1.82, 2.24) is 10.2 Å². The smallest absolute Gasteiger partial charge is 0.231 e. The van der Waals surface area contributed by atoms with Crippen molar-refractivity contribution in [2.45, 2.75) is 51.6 Å². The van der Waals surface area contributed by atoms with Gasteiger partial charge in [0.05, 0.1) is 0 Å². The first-order valence-corrected chi connectivity index (χ1v) is 9.15. The summed E-state index contributed by atoms with van der Waals surface area (Å²) in [6.07, 6.45) is 4.87. The van der Waals surface area contributed by atoms with Crippen molar-refractivity contribution in [3.63, 3.8) is 0 Å². The first-order valence-electron chi connectivity index (χ1n) is 8.77. The van der Waals surface area contributed by atoms with Crippen LogP contribution in [0, 0.1) is 0 Å². The number of nitrogens with one attached hydrogen (secondary N) is 1. The van der Waals surface area contributed by atoms with Crippen LogP contribution in [0.15, 0.2) is 12.1 Å². The van der Waals surface area contributed by atoms with Crippen LogP contribution in [-0.2, 0) is 11.3 Å². The van der Waals surface area contributed by atoms with Gasteiger partial charge >= 0.3 is 0 Å². The molecule has 0 spiro atoms. The number of benzene rings is 1. The summed E-state index contributed by atoms with van der Waals surface area (Å²) in [4.78, 5) is 14.0. The standard InChI is InChI=1S/C18H25ClN2O3/c1-2-3-8-21-14(4-5-18(21)22)6-7-20-11-13-9-16-17(10-15(13)19)24-12-23-16/h9-10,14,20H,2-8,11-12H2,1H3. The molecule has 2 heterocycles. The number of hydrogen-bond acceptors (Lipinski definition) is 4. The van der Waals surface area contributed by atoms with Crippen LogP contribution in [0.4, 0.5) is 0 Å². The van der Waals surface area contributed by atoms with E-state index in [2.05, 4.69) is 17.1 Å². The summed E-state index contributed by atoms with van der Waals surface area (Å²) >= 11 is 6.29. The molecule has 3 rings (SSSR count). The minimum absolute atomic E-state index is 0.256. The second kappa shape index (κ2) is 8.08. The lowest BCUT2D eigenvalue weighted by atomic mass is 10.1. The minimum Gasteiger partial charge on any atom is -0.454 e. The summed E-state index contributed by atoms with van der Waals surface area (Å²) < 4.78 is 10.7. The van der Waals surface area contributed by atoms with Gasteiger partial charge in [-0.1, -0.05) is 24.9 Å². The third-order valence-corrected chi connectivity index (χ3v) is 5.07. The number of fused-ring (bicyclic) bond motifs is 1. The highest BCUT2D eigenvalue weighted by Crippen LogP contribution is 2.36. The molecule has 5 nitrogen and oxygen atoms in total. The molecule has 1 fully saturated rings. The Hall–Kier alpha value is -1.46. The number of amides is 1. The molecule has 0 saturated carbocycles. The average molecular weight is 353 g/mol. The van der Waals surface area contributed by atoms with Gasteiger partial charge in [-0.3, -0.25) is 4.79 Å². The van der Waals surface area contributed by atoms with E-state index >= 15 is 0 Å². The van der Waals surface area contributed by atoms with Gasteiger partial charge < -0.3 is 19.7 Å². The molecule has 0 bridgehead atoms. The van der Waals surface area contributed by atoms with Crippen LogP contribution in [0.3, 0.4) is 0 Å². The summed E-state index contributed by atoms with van der Waals surface area (Å²) in [5.41, 5.74) is 1.01. The molecule has 2 aliphatic heterocycles. The molecule has 132 valence electrons. The molecule has 1 amide bonds. The molecule has 0 radical (unpaired) electrons. The SMILES string of the molecule is CCCCN1C(=O)CCC1CCNCc1cc2c(cc1Cl)OCO2. The number of carbonyl (C=O) groups is 1. The molecule has 1 atom stereocenters. The van der Waals surface area contributed by atoms with E-state index in [1.807, 2.05) is 12.1 Å². The number of carbonyl (C=O) groups excluding carboxylic acids is 1. The summed E-state index contributed by atoms with van der Waals surface area (Å²) in [6.45, 7) is 4.86. The topological polar surface area (TPSA) is 50.8 Å². The Morgan fingerprint density at radius 1 is 1.33 bits per heavy atom. The zero-order valence-corrected chi connectivity index (χ0v) is 14.9. The van der Waals surface area contributed by atoms with Crippen LogP contribution in [0.25, 0.3) is 0 Å². The van der Waals surface area contributed by atoms with Crippen molar-refractivity contribution < 1.29 is 14.3 Å². The van der Waals surface area contributed by atoms with Crippen molar-refractivity contribution >= 4 is 17.5 Å². The summed E-state index contributed by atoms with van der Waals surface area (Å²) in [6, 6.07) is 4.12. The van der Waals surface area contributed by atoms with Gasteiger partial charge in [0.15, 0.2) is 11.5 Å². The van der Waals surface area contributed by atoms with Crippen LogP contribution in [0.5, 0.6) is 11.5 Å². The number of nitrogens with zero attached hydrogens (tertiary/aromatic N) is 1. The fraction of sp³-hybridized carbons (Fsp3) is 0.611. The fourth-order valence-electron chi connectivity index (χ4n) is 3.32. The van der Waals surface area contributed by atoms with Crippen molar-refractivity contribution in [3.8, 4) is 11.5 Å². The van der Waals surface area contributed by atoms with Gasteiger partial charge in [0.25, 0.3) is 0 Å². The van der Waals surface area contributed by atoms with E-state index in [1.54, 1.807) is 0 Å². The zero-order valence-electron chi connectivity index (χ0n) is 14.1. The van der Waals surface area contributed by atoms with Gasteiger partial charge in [-0.05, 0) is 37.4 Å². The molecule has 0 aromatic heterocycles. The maximum atomic E-state index is 12.0. The van der Waals surface area contributed by atoms with E-state index in [0.717, 1.165) is 50.1 Å². The highest BCUT2D eigenvalue weighted by atomic mass is 35.5. The maximum absolute atomic E-state index is 12.0. The van der Waals surface area contributed by atoms with Crippen LogP contribution >= 0.6 is 11.6 Å². The second-order valence-corrected chi connectivity index (χ2v) is 6.80. The lowest BCUT2D eigenvalue weighted by molar-refractivity contribution is -0.129. The molecule has 1 N–H and O–H groups in total. The Morgan fingerprint density at radius 2 is 2.12 bits per heavy atom. The Morgan fingerprint density at radius 3 is 2.92 bits per heavy atom. The third-order valence-electron chi connectivity index (χ3n) is 4.72. The molecular weight excluding hydrogens is 328 g/mol. The second-order valence-electron chi connectivity index (χ2n) is 6.40. The molecule has 1 saturated heterocycles. The van der Waals surface area contributed by atoms with Crippen molar-refractivity contribution in [2.75, 3.05) is 19.9 Å². The fourth-order valence-corrected chi connectivity index (χ4v) is 3.54. The van der Waals surface area contributed by atoms with E-state index in [4.69, 9.17) is 21.1 Å². The van der Waals surface area contributed by atoms with Crippen LogP contribution < -0.4 is 14.8 Å². The van der Waals surface area contributed by atoms with Crippen molar-refractivity contribution in [2.24, 2.45) is 0 Å². The van der Waals surface area contributed by atoms with E-state index in [-0.39, 0.29) is 6.79 Å². The Balaban J connectivity index is 1.46. The highest BCUT2D eigenvalue weighted by Gasteiger charge is 2.29. The van der Waals surface area contributed by atoms with E-state index in [0.29, 0.717) is 35.7 Å². The number of unbranched alkanes of at least 4 members (excludes halogenated alkanes) is 1. The van der Waals surface area contributed by atoms with Crippen molar-refractivity contribution in [1.29, 1.82) is 0 Å². The number of halogens is 1. The summed E-state index contributed by atoms with van der Waals surface area (Å²) in [5.74, 6) is 1.77. The Kier molecular flexibility index (Phi) is 5.85. The normalized spacial score (nSPS) is 19.3. The van der Waals surface area contributed by atoms with Gasteiger partial charge in [-0.15, -0.1) is 0 Å². The van der Waals surface area contributed by atoms with Gasteiger partial charge in [0.2, 0.25) is 12.7 Å². The van der Waals surface area contributed by atoms with Crippen molar-refractivity contribution in [3.05, 3.63) is 22.7 Å². The van der Waals surface area contributed by atoms with E-state index in [1.165, 1.54) is 0 Å². The quantitative estimate of drug-likeness (QED) is 0.729. The van der Waals surface area contributed by atoms with Gasteiger partial charge in [-0.25, -0.2) is 0 Å². The average Bonchev–Trinajstić information content (AvgIpc) is 3.16. The van der Waals surface area contributed by atoms with Crippen LogP contribution in [0.1, 0.15) is 44.6 Å². The highest BCUT2D eigenvalue weighted by molar-refractivity contribution is 6.31. The molecule has 2 aliphatic rings. The first kappa shape index (κ1) is 17.4. The lowest BCUT2D eigenvalue weighted by Gasteiger charge is -2.25. The number of ether oxygens (including phenoxy) is 2. The summed E-state index contributed by atoms with van der Waals surface area (Å²) in [5, 5.41) is 4.12. The molecule has 0 aliphatic carbocycles.